The molecule has 3 heteroatoms. The average molecular weight is 385 g/mol. The first kappa shape index (κ1) is 19.4. The van der Waals surface area contributed by atoms with Gasteiger partial charge in [0.1, 0.15) is 0 Å². The van der Waals surface area contributed by atoms with Crippen LogP contribution >= 0.6 is 0 Å². The van der Waals surface area contributed by atoms with Crippen molar-refractivity contribution < 1.29 is 4.79 Å². The molecule has 1 fully saturated rings. The van der Waals surface area contributed by atoms with Crippen molar-refractivity contribution in [1.82, 2.24) is 9.88 Å². The molecule has 2 heterocycles. The van der Waals surface area contributed by atoms with Gasteiger partial charge in [0.15, 0.2) is 0 Å². The second kappa shape index (κ2) is 9.04. The number of nitrogens with zero attached hydrogens (tertiary/aromatic N) is 2. The lowest BCUT2D eigenvalue weighted by molar-refractivity contribution is -0.132. The van der Waals surface area contributed by atoms with Gasteiger partial charge in [-0.2, -0.15) is 0 Å². The molecule has 3 nitrogen and oxygen atoms in total. The van der Waals surface area contributed by atoms with Gasteiger partial charge in [0, 0.05) is 25.1 Å². The molecule has 148 valence electrons. The minimum Gasteiger partial charge on any atom is -0.334 e. The normalized spacial score (nSPS) is 16.2. The molecule has 0 unspecified atom stereocenters. The van der Waals surface area contributed by atoms with E-state index in [-0.39, 0.29) is 11.9 Å². The molecule has 0 bridgehead atoms. The lowest BCUT2D eigenvalue weighted by atomic mass is 10.1. The number of carbonyl (C=O) groups excluding carboxylic acids is 1. The number of benzene rings is 2. The van der Waals surface area contributed by atoms with E-state index < -0.39 is 0 Å². The summed E-state index contributed by atoms with van der Waals surface area (Å²) in [5.41, 5.74) is 5.85. The Morgan fingerprint density at radius 1 is 0.966 bits per heavy atom. The average Bonchev–Trinajstić information content (AvgIpc) is 3.25. The van der Waals surface area contributed by atoms with Crippen LogP contribution in [0.15, 0.2) is 72.8 Å². The number of pyridine rings is 1. The maximum Gasteiger partial charge on any atom is 0.223 e. The first-order valence-electron chi connectivity index (χ1n) is 10.5. The molecule has 1 aliphatic rings. The summed E-state index contributed by atoms with van der Waals surface area (Å²) in [6.45, 7) is 2.94. The van der Waals surface area contributed by atoms with E-state index in [0.29, 0.717) is 6.42 Å². The number of aromatic nitrogens is 1. The molecule has 1 aliphatic heterocycles. The number of hydrogen-bond donors (Lipinski definition) is 0. The monoisotopic (exact) mass is 384 g/mol. The van der Waals surface area contributed by atoms with Gasteiger partial charge in [-0.3, -0.25) is 9.78 Å². The molecular formula is C26H28N2O. The Labute approximate surface area is 173 Å². The van der Waals surface area contributed by atoms with E-state index in [1.807, 2.05) is 23.1 Å². The summed E-state index contributed by atoms with van der Waals surface area (Å²) in [4.78, 5) is 19.9. The third-order valence-electron chi connectivity index (χ3n) is 5.72. The van der Waals surface area contributed by atoms with E-state index in [4.69, 9.17) is 4.98 Å². The fraction of sp³-hybridized carbons (Fsp3) is 0.308. The van der Waals surface area contributed by atoms with E-state index in [1.165, 1.54) is 16.7 Å². The molecule has 1 atom stereocenters. The van der Waals surface area contributed by atoms with Crippen LogP contribution in [0.2, 0.25) is 0 Å². The molecule has 3 aromatic rings. The minimum absolute atomic E-state index is 0.108. The second-order valence-electron chi connectivity index (χ2n) is 7.95. The Hall–Kier alpha value is -2.94. The number of rotatable bonds is 6. The number of carbonyl (C=O) groups is 1. The summed E-state index contributed by atoms with van der Waals surface area (Å²) in [5.74, 6) is 0.238. The molecular weight excluding hydrogens is 356 g/mol. The summed E-state index contributed by atoms with van der Waals surface area (Å²) in [7, 11) is 0. The van der Waals surface area contributed by atoms with Crippen molar-refractivity contribution in [3.63, 3.8) is 0 Å². The number of aryl methyl sites for hydroxylation is 2. The molecule has 2 aromatic carbocycles. The molecule has 4 rings (SSSR count). The van der Waals surface area contributed by atoms with Gasteiger partial charge >= 0.3 is 0 Å². The molecule has 0 aliphatic carbocycles. The van der Waals surface area contributed by atoms with E-state index in [0.717, 1.165) is 43.6 Å². The van der Waals surface area contributed by atoms with Gasteiger partial charge in [-0.15, -0.1) is 0 Å². The zero-order valence-electron chi connectivity index (χ0n) is 17.1. The van der Waals surface area contributed by atoms with Gasteiger partial charge in [-0.05, 0) is 49.4 Å². The van der Waals surface area contributed by atoms with Crippen molar-refractivity contribution in [2.45, 2.75) is 45.1 Å². The fourth-order valence-electron chi connectivity index (χ4n) is 4.11. The quantitative estimate of drug-likeness (QED) is 0.579. The van der Waals surface area contributed by atoms with Crippen LogP contribution in [0.1, 0.15) is 53.4 Å². The Balaban J connectivity index is 1.44. The highest BCUT2D eigenvalue weighted by atomic mass is 16.2. The highest BCUT2D eigenvalue weighted by molar-refractivity contribution is 5.77. The van der Waals surface area contributed by atoms with Crippen LogP contribution in [0.4, 0.5) is 0 Å². The molecule has 0 spiro atoms. The number of amides is 1. The van der Waals surface area contributed by atoms with E-state index in [9.17, 15) is 4.79 Å². The van der Waals surface area contributed by atoms with Gasteiger partial charge < -0.3 is 4.90 Å². The van der Waals surface area contributed by atoms with Crippen LogP contribution in [0, 0.1) is 6.92 Å². The van der Waals surface area contributed by atoms with Crippen LogP contribution in [0.25, 0.3) is 0 Å². The van der Waals surface area contributed by atoms with Gasteiger partial charge in [-0.25, -0.2) is 0 Å². The standard InChI is InChI=1S/C26H28N2O/c1-20-12-14-22(15-13-20)19-23-9-5-10-24(27-23)25-11-6-18-28(25)26(29)17-16-21-7-3-2-4-8-21/h2-5,7-10,12-15,25H,6,11,16-19H2,1H3/t25-/m1/s1. The van der Waals surface area contributed by atoms with Crippen LogP contribution in [0.5, 0.6) is 0 Å². The van der Waals surface area contributed by atoms with Crippen LogP contribution in [-0.2, 0) is 17.6 Å². The molecule has 0 saturated carbocycles. The maximum atomic E-state index is 12.9. The number of likely N-dealkylation sites (tertiary alicyclic amines) is 1. The van der Waals surface area contributed by atoms with Gasteiger partial charge in [0.2, 0.25) is 5.91 Å². The highest BCUT2D eigenvalue weighted by Gasteiger charge is 2.30. The third-order valence-corrected chi connectivity index (χ3v) is 5.72. The third kappa shape index (κ3) is 4.92. The predicted octanol–water partition coefficient (Wildman–Crippen LogP) is 5.28. The summed E-state index contributed by atoms with van der Waals surface area (Å²) >= 11 is 0. The smallest absolute Gasteiger partial charge is 0.223 e. The van der Waals surface area contributed by atoms with E-state index >= 15 is 0 Å². The minimum atomic E-state index is 0.108. The summed E-state index contributed by atoms with van der Waals surface area (Å²) in [6.07, 6.45) is 4.22. The van der Waals surface area contributed by atoms with Crippen molar-refractivity contribution in [2.24, 2.45) is 0 Å². The zero-order valence-corrected chi connectivity index (χ0v) is 17.1. The Kier molecular flexibility index (Phi) is 6.04. The van der Waals surface area contributed by atoms with Gasteiger partial charge in [0.05, 0.1) is 11.7 Å². The van der Waals surface area contributed by atoms with Crippen molar-refractivity contribution in [3.05, 3.63) is 101 Å². The van der Waals surface area contributed by atoms with E-state index in [2.05, 4.69) is 61.5 Å². The van der Waals surface area contributed by atoms with Crippen LogP contribution in [0.3, 0.4) is 0 Å². The zero-order chi connectivity index (χ0) is 20.1. The molecule has 1 aromatic heterocycles. The molecule has 1 saturated heterocycles. The van der Waals surface area contributed by atoms with Crippen molar-refractivity contribution in [2.75, 3.05) is 6.54 Å². The predicted molar refractivity (Wildman–Crippen MR) is 117 cm³/mol. The van der Waals surface area contributed by atoms with Crippen LogP contribution in [-0.4, -0.2) is 22.3 Å². The molecule has 0 radical (unpaired) electrons. The SMILES string of the molecule is Cc1ccc(Cc2cccc([C@H]3CCCN3C(=O)CCc3ccccc3)n2)cc1. The summed E-state index contributed by atoms with van der Waals surface area (Å²) in [5, 5.41) is 0. The molecule has 0 N–H and O–H groups in total. The van der Waals surface area contributed by atoms with Crippen LogP contribution < -0.4 is 0 Å². The first-order chi connectivity index (χ1) is 14.2. The van der Waals surface area contributed by atoms with E-state index in [1.54, 1.807) is 0 Å². The van der Waals surface area contributed by atoms with Gasteiger partial charge in [0.25, 0.3) is 0 Å². The number of hydrogen-bond acceptors (Lipinski definition) is 2. The maximum absolute atomic E-state index is 12.9. The Morgan fingerprint density at radius 3 is 2.55 bits per heavy atom. The first-order valence-corrected chi connectivity index (χ1v) is 10.5. The molecule has 1 amide bonds. The topological polar surface area (TPSA) is 33.2 Å². The second-order valence-corrected chi connectivity index (χ2v) is 7.95. The Bertz CT molecular complexity index is 950. The lowest BCUT2D eigenvalue weighted by Gasteiger charge is -2.25. The van der Waals surface area contributed by atoms with Crippen molar-refractivity contribution in [3.8, 4) is 0 Å². The van der Waals surface area contributed by atoms with Crippen molar-refractivity contribution in [1.29, 1.82) is 0 Å². The van der Waals surface area contributed by atoms with Gasteiger partial charge in [-0.1, -0.05) is 66.2 Å². The Morgan fingerprint density at radius 2 is 1.76 bits per heavy atom. The highest BCUT2D eigenvalue weighted by Crippen LogP contribution is 2.31. The fourth-order valence-corrected chi connectivity index (χ4v) is 4.11. The lowest BCUT2D eigenvalue weighted by Crippen LogP contribution is -2.31. The largest absolute Gasteiger partial charge is 0.334 e. The van der Waals surface area contributed by atoms with Crippen molar-refractivity contribution >= 4 is 5.91 Å². The summed E-state index contributed by atoms with van der Waals surface area (Å²) < 4.78 is 0. The summed E-state index contributed by atoms with van der Waals surface area (Å²) in [6, 6.07) is 25.2. The molecule has 29 heavy (non-hydrogen) atoms.